The molecule has 3 heterocycles. The smallest absolute Gasteiger partial charge is 0.261 e. The molecule has 0 spiro atoms. The van der Waals surface area contributed by atoms with Crippen molar-refractivity contribution in [1.29, 1.82) is 0 Å². The van der Waals surface area contributed by atoms with Crippen LogP contribution in [0.3, 0.4) is 0 Å². The molecule has 4 rings (SSSR count). The van der Waals surface area contributed by atoms with Gasteiger partial charge in [-0.1, -0.05) is 29.3 Å². The Labute approximate surface area is 147 Å². The molecule has 1 unspecified atom stereocenters. The molecule has 2 aliphatic rings. The number of likely N-dealkylation sites (tertiary alicyclic amines) is 1. The Morgan fingerprint density at radius 3 is 3.00 bits per heavy atom. The predicted molar refractivity (Wildman–Crippen MR) is 95.0 cm³/mol. The highest BCUT2D eigenvalue weighted by Gasteiger charge is 2.46. The van der Waals surface area contributed by atoms with Crippen molar-refractivity contribution in [3.63, 3.8) is 0 Å². The first kappa shape index (κ1) is 15.6. The van der Waals surface area contributed by atoms with Gasteiger partial charge >= 0.3 is 0 Å². The second kappa shape index (κ2) is 5.87. The Kier molecular flexibility index (Phi) is 3.82. The zero-order valence-electron chi connectivity index (χ0n) is 13.9. The number of quaternary nitrogens is 1. The van der Waals surface area contributed by atoms with Crippen LogP contribution in [-0.4, -0.2) is 37.1 Å². The molecular weight excluding hydrogens is 322 g/mol. The SMILES string of the molecule is Cc1ccc2c(c1)[C@@H]1C[NH+](C)CC[C@H]1N2C(=O)c1cccnc1Cl. The Morgan fingerprint density at radius 1 is 1.38 bits per heavy atom. The fraction of sp³-hybridized carbons (Fsp3) is 0.368. The van der Waals surface area contributed by atoms with E-state index in [1.165, 1.54) is 16.0 Å². The zero-order chi connectivity index (χ0) is 16.8. The van der Waals surface area contributed by atoms with Crippen LogP contribution in [0.2, 0.25) is 5.15 Å². The number of nitrogens with one attached hydrogen (secondary N) is 1. The van der Waals surface area contributed by atoms with Gasteiger partial charge in [0, 0.05) is 18.3 Å². The average molecular weight is 343 g/mol. The molecule has 1 fully saturated rings. The van der Waals surface area contributed by atoms with Crippen molar-refractivity contribution in [2.75, 3.05) is 25.0 Å². The molecule has 5 heteroatoms. The maximum absolute atomic E-state index is 13.2. The van der Waals surface area contributed by atoms with E-state index in [0.717, 1.165) is 25.2 Å². The molecule has 1 saturated heterocycles. The highest BCUT2D eigenvalue weighted by atomic mass is 35.5. The first-order valence-electron chi connectivity index (χ1n) is 8.42. The Morgan fingerprint density at radius 2 is 2.21 bits per heavy atom. The van der Waals surface area contributed by atoms with E-state index in [-0.39, 0.29) is 17.1 Å². The van der Waals surface area contributed by atoms with Crippen LogP contribution in [0.25, 0.3) is 0 Å². The molecule has 1 aromatic heterocycles. The predicted octanol–water partition coefficient (Wildman–Crippen LogP) is 2.07. The number of fused-ring (bicyclic) bond motifs is 3. The number of aryl methyl sites for hydroxylation is 1. The molecule has 24 heavy (non-hydrogen) atoms. The Hall–Kier alpha value is -1.91. The van der Waals surface area contributed by atoms with Crippen LogP contribution in [0.4, 0.5) is 5.69 Å². The number of aromatic nitrogens is 1. The minimum absolute atomic E-state index is 0.0368. The quantitative estimate of drug-likeness (QED) is 0.806. The van der Waals surface area contributed by atoms with Gasteiger partial charge < -0.3 is 9.80 Å². The number of amides is 1. The van der Waals surface area contributed by atoms with Crippen LogP contribution >= 0.6 is 11.6 Å². The van der Waals surface area contributed by atoms with E-state index < -0.39 is 0 Å². The molecule has 0 bridgehead atoms. The summed E-state index contributed by atoms with van der Waals surface area (Å²) in [6.45, 7) is 4.25. The molecule has 4 nitrogen and oxygen atoms in total. The number of likely N-dealkylation sites (N-methyl/N-ethyl adjacent to an activating group) is 1. The van der Waals surface area contributed by atoms with Gasteiger partial charge in [-0.15, -0.1) is 0 Å². The number of anilines is 1. The number of rotatable bonds is 1. The van der Waals surface area contributed by atoms with Crippen molar-refractivity contribution < 1.29 is 9.69 Å². The summed E-state index contributed by atoms with van der Waals surface area (Å²) < 4.78 is 0. The van der Waals surface area contributed by atoms with Crippen molar-refractivity contribution >= 4 is 23.2 Å². The van der Waals surface area contributed by atoms with E-state index >= 15 is 0 Å². The van der Waals surface area contributed by atoms with Crippen molar-refractivity contribution in [2.45, 2.75) is 25.3 Å². The molecule has 124 valence electrons. The number of hydrogen-bond acceptors (Lipinski definition) is 2. The van der Waals surface area contributed by atoms with E-state index in [1.807, 2.05) is 4.90 Å². The molecule has 0 radical (unpaired) electrons. The van der Waals surface area contributed by atoms with E-state index in [1.54, 1.807) is 18.3 Å². The third kappa shape index (κ3) is 2.41. The molecule has 0 saturated carbocycles. The van der Waals surface area contributed by atoms with Gasteiger partial charge in [0.25, 0.3) is 5.91 Å². The summed E-state index contributed by atoms with van der Waals surface area (Å²) in [4.78, 5) is 20.8. The number of nitrogens with zero attached hydrogens (tertiary/aromatic N) is 2. The molecule has 0 aliphatic carbocycles. The number of carbonyl (C=O) groups excluding carboxylic acids is 1. The van der Waals surface area contributed by atoms with Crippen molar-refractivity contribution in [1.82, 2.24) is 4.98 Å². The lowest BCUT2D eigenvalue weighted by molar-refractivity contribution is -0.886. The summed E-state index contributed by atoms with van der Waals surface area (Å²) in [6.07, 6.45) is 2.62. The van der Waals surface area contributed by atoms with Crippen LogP contribution in [0, 0.1) is 6.92 Å². The maximum Gasteiger partial charge on any atom is 0.261 e. The minimum Gasteiger partial charge on any atom is -0.337 e. The van der Waals surface area contributed by atoms with Crippen LogP contribution in [0.1, 0.15) is 33.8 Å². The first-order chi connectivity index (χ1) is 11.6. The molecule has 1 amide bonds. The third-order valence-electron chi connectivity index (χ3n) is 5.28. The van der Waals surface area contributed by atoms with Gasteiger partial charge in [0.15, 0.2) is 0 Å². The lowest BCUT2D eigenvalue weighted by Gasteiger charge is -2.34. The van der Waals surface area contributed by atoms with E-state index in [0.29, 0.717) is 11.5 Å². The summed E-state index contributed by atoms with van der Waals surface area (Å²) in [6, 6.07) is 10.2. The van der Waals surface area contributed by atoms with Crippen LogP contribution in [0.15, 0.2) is 36.5 Å². The second-order valence-corrected chi connectivity index (χ2v) is 7.31. The van der Waals surface area contributed by atoms with Gasteiger partial charge in [-0.05, 0) is 30.7 Å². The van der Waals surface area contributed by atoms with E-state index in [4.69, 9.17) is 11.6 Å². The van der Waals surface area contributed by atoms with Crippen molar-refractivity contribution in [3.8, 4) is 0 Å². The summed E-state index contributed by atoms with van der Waals surface area (Å²) in [5.41, 5.74) is 4.06. The fourth-order valence-corrected chi connectivity index (χ4v) is 4.34. The summed E-state index contributed by atoms with van der Waals surface area (Å²) in [5.74, 6) is 0.360. The monoisotopic (exact) mass is 342 g/mol. The molecular formula is C19H21ClN3O+. The molecule has 2 aliphatic heterocycles. The van der Waals surface area contributed by atoms with Crippen LogP contribution in [0.5, 0.6) is 0 Å². The zero-order valence-corrected chi connectivity index (χ0v) is 14.7. The van der Waals surface area contributed by atoms with Gasteiger partial charge in [0.2, 0.25) is 0 Å². The molecule has 1 N–H and O–H groups in total. The lowest BCUT2D eigenvalue weighted by atomic mass is 9.89. The highest BCUT2D eigenvalue weighted by molar-refractivity contribution is 6.33. The highest BCUT2D eigenvalue weighted by Crippen LogP contribution is 2.43. The summed E-state index contributed by atoms with van der Waals surface area (Å²) >= 11 is 6.19. The second-order valence-electron chi connectivity index (χ2n) is 6.95. The van der Waals surface area contributed by atoms with Crippen LogP contribution < -0.4 is 9.80 Å². The van der Waals surface area contributed by atoms with Gasteiger partial charge in [-0.3, -0.25) is 4.79 Å². The summed E-state index contributed by atoms with van der Waals surface area (Å²) in [7, 11) is 2.23. The molecule has 1 aromatic carbocycles. The van der Waals surface area contributed by atoms with Gasteiger partial charge in [0.05, 0.1) is 37.7 Å². The minimum atomic E-state index is -0.0368. The van der Waals surface area contributed by atoms with E-state index in [2.05, 4.69) is 37.2 Å². The van der Waals surface area contributed by atoms with Crippen molar-refractivity contribution in [3.05, 3.63) is 58.4 Å². The number of pyridine rings is 1. The van der Waals surface area contributed by atoms with Crippen LogP contribution in [-0.2, 0) is 0 Å². The van der Waals surface area contributed by atoms with Gasteiger partial charge in [0.1, 0.15) is 5.15 Å². The van der Waals surface area contributed by atoms with E-state index in [9.17, 15) is 4.79 Å². The molecule has 3 atom stereocenters. The number of piperidine rings is 1. The maximum atomic E-state index is 13.2. The lowest BCUT2D eigenvalue weighted by Crippen LogP contribution is -3.11. The third-order valence-corrected chi connectivity index (χ3v) is 5.58. The average Bonchev–Trinajstić information content (AvgIpc) is 2.88. The first-order valence-corrected chi connectivity index (χ1v) is 8.80. The Bertz CT molecular complexity index is 807. The number of halogens is 1. The number of carbonyl (C=O) groups is 1. The van der Waals surface area contributed by atoms with Gasteiger partial charge in [-0.2, -0.15) is 0 Å². The Balaban J connectivity index is 1.81. The van der Waals surface area contributed by atoms with Gasteiger partial charge in [-0.25, -0.2) is 4.98 Å². The largest absolute Gasteiger partial charge is 0.337 e. The normalized spacial score (nSPS) is 25.3. The number of benzene rings is 1. The topological polar surface area (TPSA) is 37.6 Å². The van der Waals surface area contributed by atoms with Crippen molar-refractivity contribution in [2.24, 2.45) is 0 Å². The fourth-order valence-electron chi connectivity index (χ4n) is 4.14. The number of hydrogen-bond donors (Lipinski definition) is 1. The summed E-state index contributed by atoms with van der Waals surface area (Å²) in [5, 5.41) is 0.276. The molecule has 2 aromatic rings. The standard InChI is InChI=1S/C19H20ClN3O/c1-12-5-6-16-14(10-12)15-11-22(2)9-7-17(15)23(16)19(24)13-4-3-8-21-18(13)20/h3-6,8,10,15,17H,7,9,11H2,1-2H3/p+1/t15-,17+/m0/s1.